The van der Waals surface area contributed by atoms with Crippen LogP contribution in [0.1, 0.15) is 38.8 Å². The van der Waals surface area contributed by atoms with Crippen LogP contribution in [0.5, 0.6) is 11.5 Å². The molecule has 2 aromatic carbocycles. The van der Waals surface area contributed by atoms with Gasteiger partial charge in [-0.1, -0.05) is 11.6 Å². The first kappa shape index (κ1) is 17.3. The van der Waals surface area contributed by atoms with E-state index in [1.807, 2.05) is 6.92 Å². The largest absolute Gasteiger partial charge is 0.507 e. The fourth-order valence-electron chi connectivity index (χ4n) is 2.77. The maximum absolute atomic E-state index is 12.8. The number of halogens is 1. The third kappa shape index (κ3) is 2.94. The molecule has 0 aromatic heterocycles. The maximum Gasteiger partial charge on any atom is 0.198 e. The Morgan fingerprint density at radius 3 is 2.52 bits per heavy atom. The molecule has 0 unspecified atom stereocenters. The molecule has 25 heavy (non-hydrogen) atoms. The number of carbonyl (C=O) groups excluding carboxylic acids is 2. The summed E-state index contributed by atoms with van der Waals surface area (Å²) in [5.74, 6) is -1.18. The van der Waals surface area contributed by atoms with Crippen molar-refractivity contribution in [1.29, 1.82) is 0 Å². The molecule has 3 rings (SSSR count). The van der Waals surface area contributed by atoms with Crippen LogP contribution in [-0.2, 0) is 4.74 Å². The van der Waals surface area contributed by atoms with Crippen molar-refractivity contribution in [2.24, 2.45) is 0 Å². The fourth-order valence-corrected chi connectivity index (χ4v) is 2.94. The van der Waals surface area contributed by atoms with E-state index in [-0.39, 0.29) is 46.0 Å². The van der Waals surface area contributed by atoms with Crippen molar-refractivity contribution in [3.05, 3.63) is 51.5 Å². The molecule has 6 nitrogen and oxygen atoms in total. The first-order chi connectivity index (χ1) is 12.0. The first-order valence-electron chi connectivity index (χ1n) is 7.70. The number of benzene rings is 2. The third-order valence-electron chi connectivity index (χ3n) is 3.92. The van der Waals surface area contributed by atoms with Crippen molar-refractivity contribution in [2.75, 3.05) is 25.6 Å². The van der Waals surface area contributed by atoms with E-state index in [9.17, 15) is 14.7 Å². The van der Waals surface area contributed by atoms with E-state index >= 15 is 0 Å². The topological polar surface area (TPSA) is 98.8 Å². The molecule has 0 fully saturated rings. The number of phenols is 1. The average molecular weight is 362 g/mol. The van der Waals surface area contributed by atoms with E-state index in [2.05, 4.69) is 0 Å². The Balaban J connectivity index is 2.07. The minimum atomic E-state index is -0.503. The van der Waals surface area contributed by atoms with E-state index in [4.69, 9.17) is 26.8 Å². The summed E-state index contributed by atoms with van der Waals surface area (Å²) in [4.78, 5) is 25.5. The van der Waals surface area contributed by atoms with Gasteiger partial charge in [-0.25, -0.2) is 0 Å². The summed E-state index contributed by atoms with van der Waals surface area (Å²) < 4.78 is 10.7. The van der Waals surface area contributed by atoms with Gasteiger partial charge in [0.1, 0.15) is 18.1 Å². The Kier molecular flexibility index (Phi) is 4.65. The SMILES string of the molecule is CCOCCOc1cc(O)c2c(c1N)C(=O)c1ccc(Cl)cc1C2=O. The van der Waals surface area contributed by atoms with Crippen LogP contribution in [0, 0.1) is 0 Å². The molecular formula is C18H16ClNO5. The number of nitrogen functional groups attached to an aromatic ring is 1. The molecule has 0 aliphatic heterocycles. The van der Waals surface area contributed by atoms with Crippen LogP contribution in [0.15, 0.2) is 24.3 Å². The van der Waals surface area contributed by atoms with Crippen LogP contribution >= 0.6 is 11.6 Å². The highest BCUT2D eigenvalue weighted by atomic mass is 35.5. The van der Waals surface area contributed by atoms with Gasteiger partial charge in [0.25, 0.3) is 0 Å². The van der Waals surface area contributed by atoms with Gasteiger partial charge in [0, 0.05) is 28.8 Å². The molecule has 1 aliphatic rings. The molecule has 0 radical (unpaired) electrons. The van der Waals surface area contributed by atoms with E-state index in [1.165, 1.54) is 24.3 Å². The summed E-state index contributed by atoms with van der Waals surface area (Å²) in [6, 6.07) is 5.64. The Bertz CT molecular complexity index is 878. The average Bonchev–Trinajstić information content (AvgIpc) is 2.59. The van der Waals surface area contributed by atoms with Crippen molar-refractivity contribution < 1.29 is 24.2 Å². The zero-order valence-electron chi connectivity index (χ0n) is 13.5. The number of rotatable bonds is 5. The van der Waals surface area contributed by atoms with Gasteiger partial charge in [-0.15, -0.1) is 0 Å². The molecule has 0 saturated carbocycles. The number of carbonyl (C=O) groups is 2. The van der Waals surface area contributed by atoms with Crippen molar-refractivity contribution in [3.8, 4) is 11.5 Å². The normalized spacial score (nSPS) is 12.7. The van der Waals surface area contributed by atoms with E-state index in [0.717, 1.165) is 0 Å². The Hall–Kier alpha value is -2.57. The second-order valence-corrected chi connectivity index (χ2v) is 5.89. The highest BCUT2D eigenvalue weighted by Crippen LogP contribution is 2.41. The van der Waals surface area contributed by atoms with Gasteiger partial charge in [-0.3, -0.25) is 9.59 Å². The molecule has 0 saturated heterocycles. The summed E-state index contributed by atoms with van der Waals surface area (Å²) in [6.45, 7) is 2.93. The molecule has 3 N–H and O–H groups in total. The Morgan fingerprint density at radius 2 is 1.80 bits per heavy atom. The zero-order valence-corrected chi connectivity index (χ0v) is 14.2. The van der Waals surface area contributed by atoms with E-state index in [1.54, 1.807) is 0 Å². The van der Waals surface area contributed by atoms with E-state index < -0.39 is 11.6 Å². The zero-order chi connectivity index (χ0) is 18.1. The second kappa shape index (κ2) is 6.74. The highest BCUT2D eigenvalue weighted by Gasteiger charge is 2.35. The number of nitrogens with two attached hydrogens (primary N) is 1. The van der Waals surface area contributed by atoms with Crippen molar-refractivity contribution in [1.82, 2.24) is 0 Å². The van der Waals surface area contributed by atoms with Crippen LogP contribution in [0.25, 0.3) is 0 Å². The lowest BCUT2D eigenvalue weighted by Crippen LogP contribution is -2.23. The van der Waals surface area contributed by atoms with Crippen LogP contribution in [0.3, 0.4) is 0 Å². The number of phenolic OH excluding ortho intramolecular Hbond substituents is 1. The number of fused-ring (bicyclic) bond motifs is 2. The smallest absolute Gasteiger partial charge is 0.198 e. The monoisotopic (exact) mass is 361 g/mol. The van der Waals surface area contributed by atoms with Gasteiger partial charge in [0.2, 0.25) is 0 Å². The summed E-state index contributed by atoms with van der Waals surface area (Å²) in [5.41, 5.74) is 6.23. The number of ketones is 2. The molecule has 0 heterocycles. The molecule has 2 aromatic rings. The van der Waals surface area contributed by atoms with Gasteiger partial charge < -0.3 is 20.3 Å². The van der Waals surface area contributed by atoms with Crippen LogP contribution < -0.4 is 10.5 Å². The standard InChI is InChI=1S/C18H16ClNO5/c1-2-24-5-6-25-13-8-12(21)14-15(16(13)20)17(22)10-4-3-9(19)7-11(10)18(14)23/h3-4,7-8,21H,2,5-6,20H2,1H3. The van der Waals surface area contributed by atoms with Crippen LogP contribution in [0.2, 0.25) is 5.02 Å². The number of anilines is 1. The predicted octanol–water partition coefficient (Wildman–Crippen LogP) is 2.82. The number of hydrogen-bond donors (Lipinski definition) is 2. The van der Waals surface area contributed by atoms with Crippen molar-refractivity contribution in [3.63, 3.8) is 0 Å². The number of hydrogen-bond acceptors (Lipinski definition) is 6. The molecule has 1 aliphatic carbocycles. The minimum absolute atomic E-state index is 0.0169. The van der Waals surface area contributed by atoms with Crippen molar-refractivity contribution >= 4 is 28.9 Å². The van der Waals surface area contributed by atoms with Crippen molar-refractivity contribution in [2.45, 2.75) is 6.92 Å². The molecule has 0 amide bonds. The summed E-state index contributed by atoms with van der Waals surface area (Å²) >= 11 is 5.91. The van der Waals surface area contributed by atoms with Gasteiger partial charge >= 0.3 is 0 Å². The lowest BCUT2D eigenvalue weighted by Gasteiger charge is -2.22. The van der Waals surface area contributed by atoms with E-state index in [0.29, 0.717) is 18.2 Å². The number of ether oxygens (including phenoxy) is 2. The lowest BCUT2D eigenvalue weighted by molar-refractivity contribution is 0.0975. The predicted molar refractivity (Wildman–Crippen MR) is 92.8 cm³/mol. The first-order valence-corrected chi connectivity index (χ1v) is 8.08. The summed E-state index contributed by atoms with van der Waals surface area (Å²) in [7, 11) is 0. The van der Waals surface area contributed by atoms with Gasteiger partial charge in [-0.05, 0) is 25.1 Å². The molecule has 0 bridgehead atoms. The molecule has 0 atom stereocenters. The second-order valence-electron chi connectivity index (χ2n) is 5.45. The van der Waals surface area contributed by atoms with Gasteiger partial charge in [0.15, 0.2) is 11.6 Å². The number of aromatic hydroxyl groups is 1. The molecule has 7 heteroatoms. The molecular weight excluding hydrogens is 346 g/mol. The molecule has 0 spiro atoms. The highest BCUT2D eigenvalue weighted by molar-refractivity contribution is 6.34. The summed E-state index contributed by atoms with van der Waals surface area (Å²) in [5, 5.41) is 10.6. The molecule has 130 valence electrons. The Morgan fingerprint density at radius 1 is 1.08 bits per heavy atom. The van der Waals surface area contributed by atoms with Crippen LogP contribution in [-0.4, -0.2) is 36.5 Å². The maximum atomic E-state index is 12.8. The minimum Gasteiger partial charge on any atom is -0.507 e. The quantitative estimate of drug-likeness (QED) is 0.412. The summed E-state index contributed by atoms with van der Waals surface area (Å²) in [6.07, 6.45) is 0. The lowest BCUT2D eigenvalue weighted by atomic mass is 9.82. The van der Waals surface area contributed by atoms with Gasteiger partial charge in [-0.2, -0.15) is 0 Å². The van der Waals surface area contributed by atoms with Gasteiger partial charge in [0.05, 0.1) is 23.4 Å². The third-order valence-corrected chi connectivity index (χ3v) is 4.16. The Labute approximate surface area is 149 Å². The van der Waals surface area contributed by atoms with Crippen LogP contribution in [0.4, 0.5) is 5.69 Å². The fraction of sp³-hybridized carbons (Fsp3) is 0.222.